The lowest BCUT2D eigenvalue weighted by atomic mass is 10.0. The fourth-order valence-corrected chi connectivity index (χ4v) is 3.77. The van der Waals surface area contributed by atoms with E-state index < -0.39 is 6.04 Å². The molecule has 0 saturated carbocycles. The first-order chi connectivity index (χ1) is 15.9. The minimum atomic E-state index is -0.447. The van der Waals surface area contributed by atoms with Gasteiger partial charge in [-0.15, -0.1) is 0 Å². The van der Waals surface area contributed by atoms with Crippen LogP contribution in [0.4, 0.5) is 4.39 Å². The van der Waals surface area contributed by atoms with Crippen LogP contribution in [0, 0.1) is 5.82 Å². The van der Waals surface area contributed by atoms with E-state index in [-0.39, 0.29) is 30.7 Å². The normalized spacial score (nSPS) is 16.9. The molecule has 1 amide bonds. The summed E-state index contributed by atoms with van der Waals surface area (Å²) in [6.45, 7) is 6.05. The second-order valence-corrected chi connectivity index (χ2v) is 7.51. The molecule has 1 fully saturated rings. The van der Waals surface area contributed by atoms with Gasteiger partial charge in [-0.1, -0.05) is 49.1 Å². The maximum absolute atomic E-state index is 13.9. The van der Waals surface area contributed by atoms with Crippen LogP contribution in [0.15, 0.2) is 55.1 Å². The monoisotopic (exact) mass is 455 g/mol. The van der Waals surface area contributed by atoms with Crippen molar-refractivity contribution in [2.24, 2.45) is 5.73 Å². The van der Waals surface area contributed by atoms with Crippen molar-refractivity contribution in [3.8, 4) is 0 Å². The van der Waals surface area contributed by atoms with E-state index in [1.165, 1.54) is 6.07 Å². The summed E-state index contributed by atoms with van der Waals surface area (Å²) in [5.41, 5.74) is 7.54. The number of aromatic amines is 1. The Morgan fingerprint density at radius 3 is 2.85 bits per heavy atom. The second kappa shape index (κ2) is 13.1. The number of hydrogen-bond donors (Lipinski definition) is 3. The number of nitrogens with two attached hydrogens (primary N) is 1. The van der Waals surface area contributed by atoms with Gasteiger partial charge in [-0.3, -0.25) is 14.7 Å². The van der Waals surface area contributed by atoms with Crippen molar-refractivity contribution in [1.82, 2.24) is 20.1 Å². The quantitative estimate of drug-likeness (QED) is 0.414. The van der Waals surface area contributed by atoms with E-state index >= 15 is 0 Å². The number of H-pyrrole nitrogens is 1. The zero-order chi connectivity index (χ0) is 24.2. The molecule has 0 aliphatic carbocycles. The number of carboxylic acid groups (broad SMARTS) is 1. The average molecular weight is 456 g/mol. The predicted molar refractivity (Wildman–Crippen MR) is 124 cm³/mol. The smallest absolute Gasteiger partial charge is 0.290 e. The van der Waals surface area contributed by atoms with Gasteiger partial charge in [-0.05, 0) is 37.8 Å². The topological polar surface area (TPSA) is 125 Å². The molecule has 1 aromatic heterocycles. The molecule has 1 saturated heterocycles. The van der Waals surface area contributed by atoms with Crippen LogP contribution in [-0.4, -0.2) is 50.2 Å². The number of rotatable bonds is 8. The number of likely N-dealkylation sites (tertiary alicyclic amines) is 1. The lowest BCUT2D eigenvalue weighted by Crippen LogP contribution is -2.36. The lowest BCUT2D eigenvalue weighted by molar-refractivity contribution is -0.132. The summed E-state index contributed by atoms with van der Waals surface area (Å²) in [6.07, 6.45) is 9.53. The van der Waals surface area contributed by atoms with Crippen molar-refractivity contribution in [2.45, 2.75) is 44.7 Å². The Bertz CT molecular complexity index is 1000. The Kier molecular flexibility index (Phi) is 10.2. The average Bonchev–Trinajstić information content (AvgIpc) is 3.45. The standard InChI is InChI=1S/C23H28FN5O.CH2O2/c1-3-8-16(9-4-2)22-26-23(28-27-22)20-12-7-13-29(20)21(30)15-18(25)14-17-10-5-6-11-19(17)24;2-1-3/h3-6,8-11,18,20H,1,7,12-15,25H2,2H3,(H,26,27,28);1H,(H,2,3). The van der Waals surface area contributed by atoms with Gasteiger partial charge in [0.1, 0.15) is 11.6 Å². The number of carbonyl (C=O) groups excluding carboxylic acids is 1. The molecule has 0 spiro atoms. The van der Waals surface area contributed by atoms with Crippen LogP contribution < -0.4 is 5.73 Å². The highest BCUT2D eigenvalue weighted by atomic mass is 19.1. The second-order valence-electron chi connectivity index (χ2n) is 7.51. The first kappa shape index (κ1) is 25.7. The molecule has 176 valence electrons. The number of carbonyl (C=O) groups is 2. The van der Waals surface area contributed by atoms with Crippen LogP contribution >= 0.6 is 0 Å². The zero-order valence-electron chi connectivity index (χ0n) is 18.7. The molecule has 2 aromatic rings. The molecule has 1 aliphatic heterocycles. The van der Waals surface area contributed by atoms with Gasteiger partial charge >= 0.3 is 0 Å². The fraction of sp³-hybridized carbons (Fsp3) is 0.333. The summed E-state index contributed by atoms with van der Waals surface area (Å²) in [7, 11) is 0. The molecule has 2 heterocycles. The minimum Gasteiger partial charge on any atom is -0.483 e. The number of allylic oxidation sites excluding steroid dienone is 5. The summed E-state index contributed by atoms with van der Waals surface area (Å²) in [6, 6.07) is 5.92. The van der Waals surface area contributed by atoms with E-state index in [4.69, 9.17) is 15.6 Å². The molecular weight excluding hydrogens is 425 g/mol. The van der Waals surface area contributed by atoms with Crippen LogP contribution in [0.2, 0.25) is 0 Å². The minimum absolute atomic E-state index is 0.0467. The largest absolute Gasteiger partial charge is 0.483 e. The van der Waals surface area contributed by atoms with Crippen molar-refractivity contribution in [3.63, 3.8) is 0 Å². The Morgan fingerprint density at radius 1 is 1.45 bits per heavy atom. The van der Waals surface area contributed by atoms with Gasteiger partial charge < -0.3 is 15.7 Å². The van der Waals surface area contributed by atoms with Gasteiger partial charge in [-0.25, -0.2) is 9.37 Å². The number of nitrogens with zero attached hydrogens (tertiary/aromatic N) is 3. The maximum Gasteiger partial charge on any atom is 0.290 e. The third-order valence-corrected chi connectivity index (χ3v) is 5.17. The van der Waals surface area contributed by atoms with E-state index in [1.54, 1.807) is 29.2 Å². The highest BCUT2D eigenvalue weighted by Crippen LogP contribution is 2.31. The molecule has 0 radical (unpaired) electrons. The summed E-state index contributed by atoms with van der Waals surface area (Å²) in [5, 5.41) is 14.2. The van der Waals surface area contributed by atoms with Crippen LogP contribution in [0.5, 0.6) is 0 Å². The molecule has 33 heavy (non-hydrogen) atoms. The van der Waals surface area contributed by atoms with Gasteiger partial charge in [0.25, 0.3) is 6.47 Å². The van der Waals surface area contributed by atoms with Crippen molar-refractivity contribution >= 4 is 18.0 Å². The highest BCUT2D eigenvalue weighted by Gasteiger charge is 2.33. The summed E-state index contributed by atoms with van der Waals surface area (Å²) < 4.78 is 13.9. The van der Waals surface area contributed by atoms with E-state index in [0.29, 0.717) is 30.2 Å². The zero-order valence-corrected chi connectivity index (χ0v) is 18.7. The van der Waals surface area contributed by atoms with Gasteiger partial charge in [0.05, 0.1) is 6.04 Å². The Morgan fingerprint density at radius 2 is 2.18 bits per heavy atom. The molecule has 0 bridgehead atoms. The SMILES string of the molecule is C=CC=C(C=CC)c1n[nH]c(C2CCCN2C(=O)CC(N)Cc2ccccc2F)n1.O=CO. The van der Waals surface area contributed by atoms with Gasteiger partial charge in [0.15, 0.2) is 5.82 Å². The van der Waals surface area contributed by atoms with E-state index in [2.05, 4.69) is 21.8 Å². The van der Waals surface area contributed by atoms with E-state index in [9.17, 15) is 9.18 Å². The molecular formula is C24H30FN5O3. The number of aromatic nitrogens is 3. The summed E-state index contributed by atoms with van der Waals surface area (Å²) in [4.78, 5) is 27.7. The van der Waals surface area contributed by atoms with Crippen molar-refractivity contribution in [2.75, 3.05) is 6.54 Å². The van der Waals surface area contributed by atoms with Crippen molar-refractivity contribution < 1.29 is 19.1 Å². The van der Waals surface area contributed by atoms with E-state index in [1.807, 2.05) is 25.2 Å². The van der Waals surface area contributed by atoms with Gasteiger partial charge in [-0.2, -0.15) is 5.10 Å². The molecule has 1 aliphatic rings. The molecule has 1 aromatic carbocycles. The number of benzene rings is 1. The highest BCUT2D eigenvalue weighted by molar-refractivity contribution is 5.77. The van der Waals surface area contributed by atoms with Crippen LogP contribution in [0.25, 0.3) is 5.57 Å². The summed E-state index contributed by atoms with van der Waals surface area (Å²) in [5.74, 6) is 0.893. The van der Waals surface area contributed by atoms with Crippen molar-refractivity contribution in [1.29, 1.82) is 0 Å². The van der Waals surface area contributed by atoms with Crippen molar-refractivity contribution in [3.05, 3.63) is 78.2 Å². The van der Waals surface area contributed by atoms with Crippen LogP contribution in [0.3, 0.4) is 0 Å². The molecule has 3 rings (SSSR count). The maximum atomic E-state index is 13.9. The Labute approximate surface area is 192 Å². The van der Waals surface area contributed by atoms with E-state index in [0.717, 1.165) is 18.4 Å². The Balaban J connectivity index is 0.00000122. The van der Waals surface area contributed by atoms with Crippen LogP contribution in [0.1, 0.15) is 49.4 Å². The molecule has 8 nitrogen and oxygen atoms in total. The molecule has 9 heteroatoms. The van der Waals surface area contributed by atoms with Crippen LogP contribution in [-0.2, 0) is 16.0 Å². The number of halogens is 1. The fourth-order valence-electron chi connectivity index (χ4n) is 3.77. The molecule has 2 unspecified atom stereocenters. The summed E-state index contributed by atoms with van der Waals surface area (Å²) >= 11 is 0. The van der Waals surface area contributed by atoms with Gasteiger partial charge in [0.2, 0.25) is 5.91 Å². The van der Waals surface area contributed by atoms with Gasteiger partial charge in [0, 0.05) is 24.6 Å². The first-order valence-corrected chi connectivity index (χ1v) is 10.7. The molecule has 4 N–H and O–H groups in total. The predicted octanol–water partition coefficient (Wildman–Crippen LogP) is 3.41. The Hall–Kier alpha value is -3.59. The lowest BCUT2D eigenvalue weighted by Gasteiger charge is -2.24. The first-order valence-electron chi connectivity index (χ1n) is 10.7. The number of amides is 1. The molecule has 2 atom stereocenters. The third-order valence-electron chi connectivity index (χ3n) is 5.17. The number of nitrogens with one attached hydrogen (secondary N) is 1. The third kappa shape index (κ3) is 7.21. The number of hydrogen-bond acceptors (Lipinski definition) is 5.